The van der Waals surface area contributed by atoms with Gasteiger partial charge < -0.3 is 9.47 Å². The van der Waals surface area contributed by atoms with Crippen LogP contribution in [0, 0.1) is 5.82 Å². The van der Waals surface area contributed by atoms with Crippen molar-refractivity contribution >= 4 is 39.2 Å². The van der Waals surface area contributed by atoms with E-state index in [1.54, 1.807) is 0 Å². The quantitative estimate of drug-likeness (QED) is 0.545. The highest BCUT2D eigenvalue weighted by molar-refractivity contribution is 7.89. The van der Waals surface area contributed by atoms with Crippen LogP contribution in [-0.4, -0.2) is 45.0 Å². The van der Waals surface area contributed by atoms with Crippen molar-refractivity contribution in [2.24, 2.45) is 0 Å². The molecular formula is C17H14Cl2FNO5S. The topological polar surface area (TPSA) is 72.9 Å². The van der Waals surface area contributed by atoms with Gasteiger partial charge >= 0.3 is 5.97 Å². The average molecular weight is 434 g/mol. The van der Waals surface area contributed by atoms with Crippen molar-refractivity contribution in [1.29, 1.82) is 0 Å². The molecule has 0 N–H and O–H groups in total. The number of halogens is 3. The Hall–Kier alpha value is -1.71. The second-order valence-electron chi connectivity index (χ2n) is 5.60. The minimum Gasteiger partial charge on any atom is -0.421 e. The van der Waals surface area contributed by atoms with Gasteiger partial charge in [0, 0.05) is 13.1 Å². The van der Waals surface area contributed by atoms with Crippen LogP contribution >= 0.6 is 23.2 Å². The molecule has 10 heteroatoms. The molecule has 1 saturated heterocycles. The zero-order valence-electron chi connectivity index (χ0n) is 13.8. The summed E-state index contributed by atoms with van der Waals surface area (Å²) in [6.07, 6.45) is 0. The van der Waals surface area contributed by atoms with Gasteiger partial charge in [-0.25, -0.2) is 17.6 Å². The summed E-state index contributed by atoms with van der Waals surface area (Å²) in [5.74, 6) is -2.07. The molecule has 0 spiro atoms. The Bertz CT molecular complexity index is 977. The Kier molecular flexibility index (Phi) is 6.02. The van der Waals surface area contributed by atoms with E-state index in [1.807, 2.05) is 0 Å². The summed E-state index contributed by atoms with van der Waals surface area (Å²) in [4.78, 5) is 12.1. The first kappa shape index (κ1) is 20.0. The van der Waals surface area contributed by atoms with Gasteiger partial charge in [-0.2, -0.15) is 4.31 Å². The minimum absolute atomic E-state index is 0.00924. The van der Waals surface area contributed by atoms with Crippen LogP contribution in [0.15, 0.2) is 41.3 Å². The maximum atomic E-state index is 14.1. The van der Waals surface area contributed by atoms with Crippen LogP contribution < -0.4 is 4.74 Å². The number of esters is 1. The number of carbonyl (C=O) groups is 1. The molecule has 1 aliphatic heterocycles. The van der Waals surface area contributed by atoms with Gasteiger partial charge in [-0.3, -0.25) is 0 Å². The SMILES string of the molecule is O=C(Oc1cccc(Cl)c1Cl)c1cc(S(=O)(=O)N2CCOCC2)ccc1F. The Labute approximate surface area is 165 Å². The van der Waals surface area contributed by atoms with E-state index >= 15 is 0 Å². The maximum absolute atomic E-state index is 14.1. The Morgan fingerprint density at radius 2 is 1.85 bits per heavy atom. The number of ether oxygens (including phenoxy) is 2. The van der Waals surface area contributed by atoms with Crippen molar-refractivity contribution in [3.8, 4) is 5.75 Å². The van der Waals surface area contributed by atoms with Gasteiger partial charge in [-0.15, -0.1) is 0 Å². The van der Waals surface area contributed by atoms with Crippen LogP contribution in [0.25, 0.3) is 0 Å². The smallest absolute Gasteiger partial charge is 0.346 e. The average Bonchev–Trinajstić information content (AvgIpc) is 2.66. The first-order valence-electron chi connectivity index (χ1n) is 7.84. The molecule has 1 heterocycles. The monoisotopic (exact) mass is 433 g/mol. The van der Waals surface area contributed by atoms with Crippen LogP contribution in [0.3, 0.4) is 0 Å². The fourth-order valence-corrected chi connectivity index (χ4v) is 4.24. The molecule has 0 aliphatic carbocycles. The van der Waals surface area contributed by atoms with Crippen LogP contribution in [-0.2, 0) is 14.8 Å². The fraction of sp³-hybridized carbons (Fsp3) is 0.235. The highest BCUT2D eigenvalue weighted by Crippen LogP contribution is 2.32. The molecule has 0 saturated carbocycles. The maximum Gasteiger partial charge on any atom is 0.346 e. The van der Waals surface area contributed by atoms with E-state index in [9.17, 15) is 17.6 Å². The zero-order valence-corrected chi connectivity index (χ0v) is 16.2. The van der Waals surface area contributed by atoms with Gasteiger partial charge in [0.2, 0.25) is 10.0 Å². The van der Waals surface area contributed by atoms with E-state index in [0.717, 1.165) is 18.2 Å². The number of hydrogen-bond acceptors (Lipinski definition) is 5. The molecule has 0 amide bonds. The summed E-state index contributed by atoms with van der Waals surface area (Å²) in [5, 5.41) is 0.149. The summed E-state index contributed by atoms with van der Waals surface area (Å²) in [5.41, 5.74) is -0.527. The number of benzene rings is 2. The van der Waals surface area contributed by atoms with Crippen molar-refractivity contribution in [2.75, 3.05) is 26.3 Å². The Balaban J connectivity index is 1.91. The Morgan fingerprint density at radius 3 is 2.56 bits per heavy atom. The first-order chi connectivity index (χ1) is 12.8. The lowest BCUT2D eigenvalue weighted by molar-refractivity contribution is 0.0725. The molecular weight excluding hydrogens is 420 g/mol. The number of sulfonamides is 1. The van der Waals surface area contributed by atoms with E-state index in [1.165, 1.54) is 22.5 Å². The molecule has 0 atom stereocenters. The predicted molar refractivity (Wildman–Crippen MR) is 97.4 cm³/mol. The van der Waals surface area contributed by atoms with Crippen molar-refractivity contribution in [3.05, 3.63) is 57.8 Å². The predicted octanol–water partition coefficient (Wildman–Crippen LogP) is 3.37. The number of carbonyl (C=O) groups excluding carboxylic acids is 1. The lowest BCUT2D eigenvalue weighted by Crippen LogP contribution is -2.40. The number of nitrogens with zero attached hydrogens (tertiary/aromatic N) is 1. The number of rotatable bonds is 4. The van der Waals surface area contributed by atoms with E-state index < -0.39 is 27.4 Å². The van der Waals surface area contributed by atoms with Crippen molar-refractivity contribution < 1.29 is 27.1 Å². The largest absolute Gasteiger partial charge is 0.421 e. The summed E-state index contributed by atoms with van der Waals surface area (Å²) in [6.45, 7) is 0.889. The highest BCUT2D eigenvalue weighted by Gasteiger charge is 2.28. The summed E-state index contributed by atoms with van der Waals surface area (Å²) in [6, 6.07) is 7.34. The molecule has 0 unspecified atom stereocenters. The number of hydrogen-bond donors (Lipinski definition) is 0. The molecule has 0 radical (unpaired) electrons. The molecule has 3 rings (SSSR count). The van der Waals surface area contributed by atoms with Gasteiger partial charge in [-0.1, -0.05) is 29.3 Å². The molecule has 1 aliphatic rings. The zero-order chi connectivity index (χ0) is 19.6. The molecule has 6 nitrogen and oxygen atoms in total. The highest BCUT2D eigenvalue weighted by atomic mass is 35.5. The van der Waals surface area contributed by atoms with Crippen LogP contribution in [0.2, 0.25) is 10.0 Å². The molecule has 2 aromatic carbocycles. The standard InChI is InChI=1S/C17H14Cl2FNO5S/c18-13-2-1-3-15(16(13)19)26-17(22)12-10-11(4-5-14(12)20)27(23,24)21-6-8-25-9-7-21/h1-5,10H,6-9H2. The third-order valence-electron chi connectivity index (χ3n) is 3.88. The molecule has 144 valence electrons. The van der Waals surface area contributed by atoms with Gasteiger partial charge in [0.25, 0.3) is 0 Å². The fourth-order valence-electron chi connectivity index (χ4n) is 2.47. The molecule has 0 bridgehead atoms. The van der Waals surface area contributed by atoms with Gasteiger partial charge in [0.1, 0.15) is 10.8 Å². The molecule has 0 aromatic heterocycles. The number of morpholine rings is 1. The second-order valence-corrected chi connectivity index (χ2v) is 8.32. The minimum atomic E-state index is -3.89. The summed E-state index contributed by atoms with van der Waals surface area (Å²) in [7, 11) is -3.89. The second kappa shape index (κ2) is 8.12. The van der Waals surface area contributed by atoms with E-state index in [-0.39, 0.29) is 47.0 Å². The van der Waals surface area contributed by atoms with Crippen LogP contribution in [0.1, 0.15) is 10.4 Å². The third-order valence-corrected chi connectivity index (χ3v) is 6.58. The van der Waals surface area contributed by atoms with Crippen molar-refractivity contribution in [1.82, 2.24) is 4.31 Å². The summed E-state index contributed by atoms with van der Waals surface area (Å²) < 4.78 is 51.0. The van der Waals surface area contributed by atoms with Crippen LogP contribution in [0.5, 0.6) is 5.75 Å². The van der Waals surface area contributed by atoms with Crippen molar-refractivity contribution in [2.45, 2.75) is 4.90 Å². The lowest BCUT2D eigenvalue weighted by Gasteiger charge is -2.26. The van der Waals surface area contributed by atoms with Gasteiger partial charge in [0.05, 0.1) is 28.7 Å². The van der Waals surface area contributed by atoms with E-state index in [4.69, 9.17) is 32.7 Å². The molecule has 1 fully saturated rings. The lowest BCUT2D eigenvalue weighted by atomic mass is 10.2. The van der Waals surface area contributed by atoms with Crippen LogP contribution in [0.4, 0.5) is 4.39 Å². The Morgan fingerprint density at radius 1 is 1.15 bits per heavy atom. The van der Waals surface area contributed by atoms with E-state index in [2.05, 4.69) is 0 Å². The molecule has 27 heavy (non-hydrogen) atoms. The third kappa shape index (κ3) is 4.25. The van der Waals surface area contributed by atoms with Gasteiger partial charge in [-0.05, 0) is 30.3 Å². The van der Waals surface area contributed by atoms with Gasteiger partial charge in [0.15, 0.2) is 5.75 Å². The normalized spacial score (nSPS) is 15.5. The molecule has 2 aromatic rings. The first-order valence-corrected chi connectivity index (χ1v) is 10.0. The van der Waals surface area contributed by atoms with Crippen molar-refractivity contribution in [3.63, 3.8) is 0 Å². The summed E-state index contributed by atoms with van der Waals surface area (Å²) >= 11 is 11.8. The van der Waals surface area contributed by atoms with E-state index in [0.29, 0.717) is 0 Å².